The fraction of sp³-hybridized carbons (Fsp3) is 0.300. The van der Waals surface area contributed by atoms with Gasteiger partial charge in [0, 0.05) is 23.0 Å². The highest BCUT2D eigenvalue weighted by Gasteiger charge is 2.24. The van der Waals surface area contributed by atoms with E-state index in [1.54, 1.807) is 13.8 Å². The molecule has 0 atom stereocenters. The van der Waals surface area contributed by atoms with Crippen molar-refractivity contribution in [2.75, 3.05) is 25.6 Å². The third kappa shape index (κ3) is 4.70. The summed E-state index contributed by atoms with van der Waals surface area (Å²) >= 11 is 6.09. The Kier molecular flexibility index (Phi) is 6.68. The van der Waals surface area contributed by atoms with Crippen LogP contribution in [-0.4, -0.2) is 30.2 Å². The molecule has 6 nitrogen and oxygen atoms in total. The van der Waals surface area contributed by atoms with Crippen molar-refractivity contribution < 1.29 is 13.6 Å². The normalized spacial score (nSPS) is 11.7. The molecule has 28 heavy (non-hydrogen) atoms. The Morgan fingerprint density at radius 2 is 1.71 bits per heavy atom. The summed E-state index contributed by atoms with van der Waals surface area (Å²) < 4.78 is 23.4. The number of nitrogens with zero attached hydrogens (tertiary/aromatic N) is 2. The van der Waals surface area contributed by atoms with Crippen LogP contribution in [0.5, 0.6) is 0 Å². The Balaban J connectivity index is 1.91. The van der Waals surface area contributed by atoms with Gasteiger partial charge in [-0.25, -0.2) is 9.97 Å². The van der Waals surface area contributed by atoms with Gasteiger partial charge in [0.05, 0.1) is 24.9 Å². The molecule has 0 aliphatic heterocycles. The SMILES string of the molecule is CCOP(=O)(Cc1ccc(-c2nc(NC)c3cc(Cl)ccc3n2)cc1)OCC. The molecule has 0 saturated carbocycles. The molecule has 3 aromatic rings. The van der Waals surface area contributed by atoms with E-state index in [1.807, 2.05) is 49.5 Å². The van der Waals surface area contributed by atoms with Crippen molar-refractivity contribution in [1.29, 1.82) is 0 Å². The van der Waals surface area contributed by atoms with E-state index in [0.29, 0.717) is 29.9 Å². The Morgan fingerprint density at radius 1 is 1.04 bits per heavy atom. The van der Waals surface area contributed by atoms with Crippen LogP contribution in [0, 0.1) is 0 Å². The van der Waals surface area contributed by atoms with Gasteiger partial charge in [0.1, 0.15) is 5.82 Å². The molecular weight excluding hydrogens is 397 g/mol. The summed E-state index contributed by atoms with van der Waals surface area (Å²) in [7, 11) is -1.32. The van der Waals surface area contributed by atoms with Gasteiger partial charge in [-0.1, -0.05) is 35.9 Å². The van der Waals surface area contributed by atoms with E-state index in [9.17, 15) is 4.57 Å². The van der Waals surface area contributed by atoms with E-state index in [1.165, 1.54) is 0 Å². The molecule has 2 aromatic carbocycles. The smallest absolute Gasteiger partial charge is 0.335 e. The lowest BCUT2D eigenvalue weighted by molar-refractivity contribution is 0.219. The molecule has 1 heterocycles. The zero-order valence-electron chi connectivity index (χ0n) is 16.1. The molecule has 0 bridgehead atoms. The van der Waals surface area contributed by atoms with Gasteiger partial charge in [-0.15, -0.1) is 0 Å². The van der Waals surface area contributed by atoms with Gasteiger partial charge in [-0.3, -0.25) is 4.57 Å². The van der Waals surface area contributed by atoms with E-state index in [-0.39, 0.29) is 6.16 Å². The van der Waals surface area contributed by atoms with Crippen LogP contribution in [0.15, 0.2) is 42.5 Å². The third-order valence-electron chi connectivity index (χ3n) is 4.13. The topological polar surface area (TPSA) is 73.3 Å². The molecule has 0 aliphatic carbocycles. The number of hydrogen-bond acceptors (Lipinski definition) is 6. The summed E-state index contributed by atoms with van der Waals surface area (Å²) in [5.74, 6) is 1.31. The first kappa shape index (κ1) is 20.7. The maximum absolute atomic E-state index is 12.7. The Morgan fingerprint density at radius 3 is 2.32 bits per heavy atom. The number of rotatable bonds is 8. The van der Waals surface area contributed by atoms with E-state index in [0.717, 1.165) is 22.0 Å². The largest absolute Gasteiger partial charge is 0.373 e. The standard InChI is InChI=1S/C20H23ClN3O3P/c1-4-26-28(25,27-5-2)13-14-6-8-15(9-7-14)19-23-18-11-10-16(21)12-17(18)20(22-3)24-19/h6-12H,4-5,13H2,1-3H3,(H,22,23,24). The first-order valence-electron chi connectivity index (χ1n) is 9.10. The van der Waals surface area contributed by atoms with Crippen LogP contribution in [0.4, 0.5) is 5.82 Å². The number of nitrogens with one attached hydrogen (secondary N) is 1. The lowest BCUT2D eigenvalue weighted by atomic mass is 10.1. The summed E-state index contributed by atoms with van der Waals surface area (Å²) in [6, 6.07) is 13.1. The zero-order valence-corrected chi connectivity index (χ0v) is 17.8. The van der Waals surface area contributed by atoms with E-state index < -0.39 is 7.60 Å². The van der Waals surface area contributed by atoms with Gasteiger partial charge >= 0.3 is 7.60 Å². The summed E-state index contributed by atoms with van der Waals surface area (Å²) in [6.07, 6.45) is 0.230. The van der Waals surface area contributed by atoms with Crippen LogP contribution >= 0.6 is 19.2 Å². The molecule has 0 unspecified atom stereocenters. The molecule has 0 saturated heterocycles. The first-order valence-corrected chi connectivity index (χ1v) is 11.2. The second kappa shape index (κ2) is 9.01. The van der Waals surface area contributed by atoms with Crippen molar-refractivity contribution in [2.45, 2.75) is 20.0 Å². The molecule has 0 radical (unpaired) electrons. The summed E-state index contributed by atoms with van der Waals surface area (Å²) in [6.45, 7) is 4.30. The summed E-state index contributed by atoms with van der Waals surface area (Å²) in [5, 5.41) is 4.60. The molecule has 0 fully saturated rings. The molecule has 3 rings (SSSR count). The maximum atomic E-state index is 12.7. The minimum absolute atomic E-state index is 0.230. The number of hydrogen-bond donors (Lipinski definition) is 1. The average molecular weight is 420 g/mol. The van der Waals surface area contributed by atoms with Crippen molar-refractivity contribution >= 4 is 35.9 Å². The molecule has 0 spiro atoms. The average Bonchev–Trinajstić information content (AvgIpc) is 2.68. The van der Waals surface area contributed by atoms with Crippen LogP contribution in [0.3, 0.4) is 0 Å². The molecular formula is C20H23ClN3O3P. The Labute approximate surface area is 169 Å². The number of anilines is 1. The second-order valence-electron chi connectivity index (χ2n) is 6.11. The third-order valence-corrected chi connectivity index (χ3v) is 6.43. The highest BCUT2D eigenvalue weighted by Crippen LogP contribution is 2.51. The molecule has 8 heteroatoms. The predicted molar refractivity (Wildman–Crippen MR) is 114 cm³/mol. The first-order chi connectivity index (χ1) is 13.5. The predicted octanol–water partition coefficient (Wildman–Crippen LogP) is 5.76. The van der Waals surface area contributed by atoms with E-state index >= 15 is 0 Å². The van der Waals surface area contributed by atoms with Crippen molar-refractivity contribution in [1.82, 2.24) is 9.97 Å². The van der Waals surface area contributed by atoms with Gasteiger partial charge in [0.15, 0.2) is 5.82 Å². The Hall–Kier alpha value is -1.98. The Bertz CT molecular complexity index is 1000. The highest BCUT2D eigenvalue weighted by molar-refractivity contribution is 7.53. The van der Waals surface area contributed by atoms with Crippen LogP contribution in [0.25, 0.3) is 22.3 Å². The fourth-order valence-corrected chi connectivity index (χ4v) is 4.80. The van der Waals surface area contributed by atoms with Crippen LogP contribution in [-0.2, 0) is 19.8 Å². The number of benzene rings is 2. The lowest BCUT2D eigenvalue weighted by Gasteiger charge is -2.17. The fourth-order valence-electron chi connectivity index (χ4n) is 2.93. The lowest BCUT2D eigenvalue weighted by Crippen LogP contribution is -2.00. The van der Waals surface area contributed by atoms with Crippen LogP contribution in [0.2, 0.25) is 5.02 Å². The van der Waals surface area contributed by atoms with Crippen LogP contribution in [0.1, 0.15) is 19.4 Å². The van der Waals surface area contributed by atoms with E-state index in [2.05, 4.69) is 15.3 Å². The van der Waals surface area contributed by atoms with Crippen molar-refractivity contribution in [3.05, 3.63) is 53.1 Å². The second-order valence-corrected chi connectivity index (χ2v) is 8.60. The minimum Gasteiger partial charge on any atom is -0.373 e. The van der Waals surface area contributed by atoms with Gasteiger partial charge in [0.25, 0.3) is 0 Å². The van der Waals surface area contributed by atoms with Gasteiger partial charge in [0.2, 0.25) is 0 Å². The number of fused-ring (bicyclic) bond motifs is 1. The summed E-state index contributed by atoms with van der Waals surface area (Å²) in [5.41, 5.74) is 2.54. The monoisotopic (exact) mass is 419 g/mol. The molecule has 148 valence electrons. The van der Waals surface area contributed by atoms with Gasteiger partial charge < -0.3 is 14.4 Å². The minimum atomic E-state index is -3.13. The summed E-state index contributed by atoms with van der Waals surface area (Å²) in [4.78, 5) is 9.25. The van der Waals surface area contributed by atoms with E-state index in [4.69, 9.17) is 20.6 Å². The highest BCUT2D eigenvalue weighted by atomic mass is 35.5. The zero-order chi connectivity index (χ0) is 20.1. The molecule has 1 aromatic heterocycles. The maximum Gasteiger partial charge on any atom is 0.335 e. The van der Waals surface area contributed by atoms with Crippen molar-refractivity contribution in [3.8, 4) is 11.4 Å². The quantitative estimate of drug-likeness (QED) is 0.468. The van der Waals surface area contributed by atoms with Gasteiger partial charge in [-0.2, -0.15) is 0 Å². The van der Waals surface area contributed by atoms with Gasteiger partial charge in [-0.05, 0) is 37.6 Å². The molecule has 0 amide bonds. The number of halogens is 1. The van der Waals surface area contributed by atoms with Crippen molar-refractivity contribution in [3.63, 3.8) is 0 Å². The number of aromatic nitrogens is 2. The van der Waals surface area contributed by atoms with Crippen molar-refractivity contribution in [2.24, 2.45) is 0 Å². The van der Waals surface area contributed by atoms with Crippen LogP contribution < -0.4 is 5.32 Å². The molecule has 0 aliphatic rings. The molecule has 1 N–H and O–H groups in total.